The van der Waals surface area contributed by atoms with Crippen LogP contribution in [-0.2, 0) is 11.3 Å². The zero-order chi connectivity index (χ0) is 14.7. The van der Waals surface area contributed by atoms with Crippen molar-refractivity contribution in [2.75, 3.05) is 18.9 Å². The monoisotopic (exact) mass is 307 g/mol. The van der Waals surface area contributed by atoms with Crippen LogP contribution in [0.2, 0.25) is 5.02 Å². The van der Waals surface area contributed by atoms with Crippen molar-refractivity contribution in [2.24, 2.45) is 5.92 Å². The smallest absolute Gasteiger partial charge is 0.184 e. The second-order valence-electron chi connectivity index (χ2n) is 5.33. The number of nitrogens with two attached hydrogens (primary N) is 1. The van der Waals surface area contributed by atoms with Gasteiger partial charge in [-0.05, 0) is 53.8 Å². The highest BCUT2D eigenvalue weighted by Gasteiger charge is 2.20. The standard InChI is InChI=1S/C14H18ClN5O/c15-11-4-5-12(13(16)8-11)14-17-18-19-20(14)6-1-7-21-9-10-2-3-10/h4-5,8,10H,1-3,6-7,9,16H2. The maximum Gasteiger partial charge on any atom is 0.184 e. The Morgan fingerprint density at radius 1 is 1.38 bits per heavy atom. The van der Waals surface area contributed by atoms with Gasteiger partial charge in [-0.15, -0.1) is 5.10 Å². The second kappa shape index (κ2) is 6.41. The summed E-state index contributed by atoms with van der Waals surface area (Å²) in [6.07, 6.45) is 3.50. The Bertz CT molecular complexity index is 611. The van der Waals surface area contributed by atoms with Gasteiger partial charge in [-0.1, -0.05) is 11.6 Å². The summed E-state index contributed by atoms with van der Waals surface area (Å²) in [5, 5.41) is 12.4. The summed E-state index contributed by atoms with van der Waals surface area (Å²) in [7, 11) is 0. The Morgan fingerprint density at radius 2 is 2.24 bits per heavy atom. The van der Waals surface area contributed by atoms with E-state index in [0.29, 0.717) is 23.1 Å². The van der Waals surface area contributed by atoms with Gasteiger partial charge in [-0.2, -0.15) is 0 Å². The molecule has 6 nitrogen and oxygen atoms in total. The van der Waals surface area contributed by atoms with Crippen molar-refractivity contribution in [1.82, 2.24) is 20.2 Å². The molecule has 0 saturated heterocycles. The first-order valence-corrected chi connectivity index (χ1v) is 7.51. The van der Waals surface area contributed by atoms with Crippen molar-refractivity contribution in [3.8, 4) is 11.4 Å². The van der Waals surface area contributed by atoms with Gasteiger partial charge in [0.15, 0.2) is 5.82 Å². The lowest BCUT2D eigenvalue weighted by atomic mass is 10.1. The Labute approximate surface area is 128 Å². The van der Waals surface area contributed by atoms with E-state index in [1.54, 1.807) is 16.8 Å². The summed E-state index contributed by atoms with van der Waals surface area (Å²) in [6.45, 7) is 2.31. The molecule has 0 atom stereocenters. The Hall–Kier alpha value is -1.66. The maximum atomic E-state index is 5.98. The van der Waals surface area contributed by atoms with Gasteiger partial charge < -0.3 is 10.5 Å². The lowest BCUT2D eigenvalue weighted by Gasteiger charge is -2.07. The molecule has 0 bridgehead atoms. The molecule has 0 unspecified atom stereocenters. The Kier molecular flexibility index (Phi) is 4.36. The molecule has 1 aliphatic carbocycles. The van der Waals surface area contributed by atoms with Gasteiger partial charge >= 0.3 is 0 Å². The highest BCUT2D eigenvalue weighted by molar-refractivity contribution is 6.31. The van der Waals surface area contributed by atoms with Crippen molar-refractivity contribution in [3.05, 3.63) is 23.2 Å². The number of benzene rings is 1. The second-order valence-corrected chi connectivity index (χ2v) is 5.77. The molecule has 1 aromatic heterocycles. The van der Waals surface area contributed by atoms with Gasteiger partial charge in [0.05, 0.1) is 0 Å². The summed E-state index contributed by atoms with van der Waals surface area (Å²) in [4.78, 5) is 0. The summed E-state index contributed by atoms with van der Waals surface area (Å²) in [6, 6.07) is 5.32. The topological polar surface area (TPSA) is 78.9 Å². The number of tetrazole rings is 1. The third-order valence-corrected chi connectivity index (χ3v) is 3.73. The molecule has 1 saturated carbocycles. The number of aromatic nitrogens is 4. The third-order valence-electron chi connectivity index (χ3n) is 3.50. The van der Waals surface area contributed by atoms with Gasteiger partial charge in [0.25, 0.3) is 0 Å². The van der Waals surface area contributed by atoms with E-state index in [1.165, 1.54) is 12.8 Å². The molecule has 2 aromatic rings. The van der Waals surface area contributed by atoms with Gasteiger partial charge in [-0.3, -0.25) is 0 Å². The normalized spacial score (nSPS) is 14.5. The van der Waals surface area contributed by atoms with E-state index in [0.717, 1.165) is 31.1 Å². The Balaban J connectivity index is 1.60. The largest absolute Gasteiger partial charge is 0.398 e. The molecule has 3 rings (SSSR count). The van der Waals surface area contributed by atoms with Crippen LogP contribution in [0.1, 0.15) is 19.3 Å². The highest BCUT2D eigenvalue weighted by atomic mass is 35.5. The van der Waals surface area contributed by atoms with Crippen LogP contribution in [0.5, 0.6) is 0 Å². The molecule has 1 fully saturated rings. The third kappa shape index (κ3) is 3.71. The van der Waals surface area contributed by atoms with Gasteiger partial charge in [-0.25, -0.2) is 4.68 Å². The first-order valence-electron chi connectivity index (χ1n) is 7.13. The highest BCUT2D eigenvalue weighted by Crippen LogP contribution is 2.29. The average Bonchev–Trinajstić information content (AvgIpc) is 3.17. The molecule has 21 heavy (non-hydrogen) atoms. The number of halogens is 1. The van der Waals surface area contributed by atoms with Crippen LogP contribution in [0.25, 0.3) is 11.4 Å². The van der Waals surface area contributed by atoms with Crippen molar-refractivity contribution < 1.29 is 4.74 Å². The minimum atomic E-state index is 0.573. The van der Waals surface area contributed by atoms with Crippen molar-refractivity contribution in [2.45, 2.75) is 25.8 Å². The van der Waals surface area contributed by atoms with Crippen LogP contribution in [0, 0.1) is 5.92 Å². The summed E-state index contributed by atoms with van der Waals surface area (Å²) < 4.78 is 7.37. The molecule has 0 amide bonds. The quantitative estimate of drug-likeness (QED) is 0.627. The molecule has 1 aromatic carbocycles. The fraction of sp³-hybridized carbons (Fsp3) is 0.500. The van der Waals surface area contributed by atoms with E-state index >= 15 is 0 Å². The van der Waals surface area contributed by atoms with Gasteiger partial charge in [0, 0.05) is 36.0 Å². The first kappa shape index (κ1) is 14.3. The minimum absolute atomic E-state index is 0.573. The number of rotatable bonds is 7. The van der Waals surface area contributed by atoms with Crippen molar-refractivity contribution in [3.63, 3.8) is 0 Å². The fourth-order valence-corrected chi connectivity index (χ4v) is 2.32. The van der Waals surface area contributed by atoms with Crippen LogP contribution in [-0.4, -0.2) is 33.4 Å². The summed E-state index contributed by atoms with van der Waals surface area (Å²) in [5.74, 6) is 1.45. The maximum absolute atomic E-state index is 5.98. The first-order chi connectivity index (χ1) is 10.2. The lowest BCUT2D eigenvalue weighted by Crippen LogP contribution is -2.08. The average molecular weight is 308 g/mol. The summed E-state index contributed by atoms with van der Waals surface area (Å²) >= 11 is 5.91. The number of hydrogen-bond acceptors (Lipinski definition) is 5. The van der Waals surface area contributed by atoms with E-state index in [4.69, 9.17) is 22.1 Å². The van der Waals surface area contributed by atoms with E-state index in [9.17, 15) is 0 Å². The molecular weight excluding hydrogens is 290 g/mol. The number of hydrogen-bond donors (Lipinski definition) is 1. The molecule has 0 radical (unpaired) electrons. The van der Waals surface area contributed by atoms with E-state index < -0.39 is 0 Å². The molecule has 0 spiro atoms. The van der Waals surface area contributed by atoms with E-state index in [2.05, 4.69) is 15.5 Å². The van der Waals surface area contributed by atoms with Crippen LogP contribution in [0.3, 0.4) is 0 Å². The zero-order valence-electron chi connectivity index (χ0n) is 11.7. The predicted molar refractivity (Wildman–Crippen MR) is 80.8 cm³/mol. The van der Waals surface area contributed by atoms with Gasteiger partial charge in [0.2, 0.25) is 0 Å². The SMILES string of the molecule is Nc1cc(Cl)ccc1-c1nnnn1CCCOCC1CC1. The molecule has 7 heteroatoms. The number of aryl methyl sites for hydroxylation is 1. The molecular formula is C14H18ClN5O. The molecule has 1 aliphatic rings. The molecule has 1 heterocycles. The van der Waals surface area contributed by atoms with Crippen molar-refractivity contribution in [1.29, 1.82) is 0 Å². The number of ether oxygens (including phenoxy) is 1. The number of nitrogen functional groups attached to an aromatic ring is 1. The molecule has 0 aliphatic heterocycles. The summed E-state index contributed by atoms with van der Waals surface area (Å²) in [5.41, 5.74) is 7.35. The molecule has 2 N–H and O–H groups in total. The fourth-order valence-electron chi connectivity index (χ4n) is 2.14. The number of anilines is 1. The van der Waals surface area contributed by atoms with Crippen LogP contribution in [0.15, 0.2) is 18.2 Å². The minimum Gasteiger partial charge on any atom is -0.398 e. The van der Waals surface area contributed by atoms with Crippen LogP contribution in [0.4, 0.5) is 5.69 Å². The van der Waals surface area contributed by atoms with Crippen LogP contribution < -0.4 is 5.73 Å². The van der Waals surface area contributed by atoms with Crippen LogP contribution >= 0.6 is 11.6 Å². The zero-order valence-corrected chi connectivity index (χ0v) is 12.5. The van der Waals surface area contributed by atoms with E-state index in [1.807, 2.05) is 6.07 Å². The molecule has 112 valence electrons. The lowest BCUT2D eigenvalue weighted by molar-refractivity contribution is 0.118. The predicted octanol–water partition coefficient (Wildman–Crippen LogP) is 2.39. The van der Waals surface area contributed by atoms with Gasteiger partial charge in [0.1, 0.15) is 0 Å². The Morgan fingerprint density at radius 3 is 3.00 bits per heavy atom. The number of nitrogens with zero attached hydrogens (tertiary/aromatic N) is 4. The van der Waals surface area contributed by atoms with E-state index in [-0.39, 0.29) is 0 Å². The van der Waals surface area contributed by atoms with Crippen molar-refractivity contribution >= 4 is 17.3 Å².